The highest BCUT2D eigenvalue weighted by atomic mass is 19.3. The van der Waals surface area contributed by atoms with Gasteiger partial charge >= 0.3 is 6.61 Å². The van der Waals surface area contributed by atoms with Crippen molar-refractivity contribution in [1.29, 1.82) is 0 Å². The molecule has 0 amide bonds. The molecule has 0 bridgehead atoms. The lowest BCUT2D eigenvalue weighted by Gasteiger charge is -2.22. The summed E-state index contributed by atoms with van der Waals surface area (Å²) >= 11 is 0. The van der Waals surface area contributed by atoms with Gasteiger partial charge in [0.05, 0.1) is 0 Å². The summed E-state index contributed by atoms with van der Waals surface area (Å²) in [5.41, 5.74) is 0.670. The maximum Gasteiger partial charge on any atom is 0.387 e. The fraction of sp³-hybridized carbons (Fsp3) is 0.632. The minimum absolute atomic E-state index is 0.190. The van der Waals surface area contributed by atoms with Gasteiger partial charge in [0.15, 0.2) is 5.96 Å². The average Bonchev–Trinajstić information content (AvgIpc) is 3.51. The van der Waals surface area contributed by atoms with Crippen LogP contribution < -0.4 is 15.4 Å². The number of hydrogen-bond donors (Lipinski definition) is 2. The Morgan fingerprint density at radius 3 is 2.65 bits per heavy atom. The van der Waals surface area contributed by atoms with Crippen LogP contribution in [0.4, 0.5) is 8.78 Å². The van der Waals surface area contributed by atoms with Crippen molar-refractivity contribution in [3.63, 3.8) is 0 Å². The van der Waals surface area contributed by atoms with Gasteiger partial charge in [0.1, 0.15) is 5.75 Å². The maximum absolute atomic E-state index is 12.5. The Labute approximate surface area is 153 Å². The molecule has 0 heterocycles. The Morgan fingerprint density at radius 2 is 2.00 bits per heavy atom. The molecule has 0 spiro atoms. The molecule has 2 aliphatic rings. The first kappa shape index (κ1) is 18.9. The lowest BCUT2D eigenvalue weighted by molar-refractivity contribution is -0.0504. The molecule has 0 aliphatic heterocycles. The second kappa shape index (κ2) is 9.16. The van der Waals surface area contributed by atoms with E-state index in [0.29, 0.717) is 18.1 Å². The molecule has 0 unspecified atom stereocenters. The zero-order valence-electron chi connectivity index (χ0n) is 15.3. The van der Waals surface area contributed by atoms with E-state index in [9.17, 15) is 8.78 Å². The first-order chi connectivity index (χ1) is 12.7. The third-order valence-corrected chi connectivity index (χ3v) is 4.80. The van der Waals surface area contributed by atoms with Crippen molar-refractivity contribution in [2.24, 2.45) is 10.9 Å². The molecule has 2 saturated carbocycles. The predicted molar refractivity (Wildman–Crippen MR) is 98.6 cm³/mol. The summed E-state index contributed by atoms with van der Waals surface area (Å²) in [6.07, 6.45) is 5.39. The molecule has 1 aromatic rings. The van der Waals surface area contributed by atoms with Gasteiger partial charge in [-0.05, 0) is 37.7 Å². The van der Waals surface area contributed by atoms with Crippen LogP contribution in [-0.4, -0.2) is 50.2 Å². The largest absolute Gasteiger partial charge is 0.434 e. The minimum Gasteiger partial charge on any atom is -0.434 e. The topological polar surface area (TPSA) is 48.9 Å². The van der Waals surface area contributed by atoms with E-state index in [1.807, 2.05) is 0 Å². The summed E-state index contributed by atoms with van der Waals surface area (Å²) < 4.78 is 29.5. The van der Waals surface area contributed by atoms with Gasteiger partial charge in [-0.15, -0.1) is 0 Å². The van der Waals surface area contributed by atoms with Crippen LogP contribution in [0.25, 0.3) is 0 Å². The third kappa shape index (κ3) is 6.12. The number of nitrogens with zero attached hydrogens (tertiary/aromatic N) is 2. The standard InChI is InChI=1S/C19H28F2N4O/c1-22-19(23-10-11-25(16-8-9-16)13-14-6-7-14)24-12-15-4-2-3-5-17(15)26-18(20)21/h2-5,14,16,18H,6-13H2,1H3,(H2,22,23,24). The molecule has 0 aromatic heterocycles. The average molecular weight is 366 g/mol. The first-order valence-corrected chi connectivity index (χ1v) is 9.37. The van der Waals surface area contributed by atoms with E-state index in [-0.39, 0.29) is 5.75 Å². The molecule has 144 valence electrons. The Hall–Kier alpha value is -1.89. The van der Waals surface area contributed by atoms with Crippen molar-refractivity contribution in [3.05, 3.63) is 29.8 Å². The Balaban J connectivity index is 1.43. The molecule has 3 rings (SSSR count). The van der Waals surface area contributed by atoms with E-state index in [4.69, 9.17) is 0 Å². The van der Waals surface area contributed by atoms with Crippen molar-refractivity contribution in [3.8, 4) is 5.75 Å². The number of nitrogens with one attached hydrogen (secondary N) is 2. The van der Waals surface area contributed by atoms with Crippen LogP contribution in [0.15, 0.2) is 29.3 Å². The minimum atomic E-state index is -2.83. The molecule has 5 nitrogen and oxygen atoms in total. The van der Waals surface area contributed by atoms with Crippen molar-refractivity contribution in [2.45, 2.75) is 44.9 Å². The monoisotopic (exact) mass is 366 g/mol. The molecule has 2 fully saturated rings. The number of hydrogen-bond acceptors (Lipinski definition) is 3. The molecular formula is C19H28F2N4O. The Kier molecular flexibility index (Phi) is 6.66. The van der Waals surface area contributed by atoms with E-state index < -0.39 is 6.61 Å². The highest BCUT2D eigenvalue weighted by molar-refractivity contribution is 5.79. The van der Waals surface area contributed by atoms with Gasteiger partial charge in [0, 0.05) is 44.8 Å². The fourth-order valence-corrected chi connectivity index (χ4v) is 3.07. The molecule has 0 radical (unpaired) electrons. The van der Waals surface area contributed by atoms with E-state index in [1.165, 1.54) is 32.2 Å². The Morgan fingerprint density at radius 1 is 1.23 bits per heavy atom. The second-order valence-electron chi connectivity index (χ2n) is 7.01. The zero-order valence-corrected chi connectivity index (χ0v) is 15.3. The van der Waals surface area contributed by atoms with E-state index in [0.717, 1.165) is 25.0 Å². The van der Waals surface area contributed by atoms with Gasteiger partial charge in [0.2, 0.25) is 0 Å². The summed E-state index contributed by atoms with van der Waals surface area (Å²) in [6, 6.07) is 7.57. The van der Waals surface area contributed by atoms with Gasteiger partial charge in [-0.25, -0.2) is 0 Å². The van der Waals surface area contributed by atoms with Crippen LogP contribution in [0.5, 0.6) is 5.75 Å². The van der Waals surface area contributed by atoms with Crippen LogP contribution in [0.1, 0.15) is 31.2 Å². The number of alkyl halides is 2. The summed E-state index contributed by atoms with van der Waals surface area (Å²) in [5.74, 6) is 1.76. The smallest absolute Gasteiger partial charge is 0.387 e. The molecule has 2 N–H and O–H groups in total. The summed E-state index contributed by atoms with van der Waals surface area (Å²) in [6.45, 7) is 0.590. The fourth-order valence-electron chi connectivity index (χ4n) is 3.07. The number of para-hydroxylation sites is 1. The molecule has 0 atom stereocenters. The van der Waals surface area contributed by atoms with Crippen molar-refractivity contribution in [1.82, 2.24) is 15.5 Å². The highest BCUT2D eigenvalue weighted by Crippen LogP contribution is 2.34. The number of benzene rings is 1. The van der Waals surface area contributed by atoms with Crippen LogP contribution in [0.2, 0.25) is 0 Å². The zero-order chi connectivity index (χ0) is 18.4. The molecular weight excluding hydrogens is 338 g/mol. The molecule has 0 saturated heterocycles. The number of aliphatic imine (C=N–C) groups is 1. The molecule has 2 aliphatic carbocycles. The number of guanidine groups is 1. The molecule has 1 aromatic carbocycles. The van der Waals surface area contributed by atoms with Crippen molar-refractivity contribution >= 4 is 5.96 Å². The van der Waals surface area contributed by atoms with Gasteiger partial charge < -0.3 is 15.4 Å². The molecule has 7 heteroatoms. The van der Waals surface area contributed by atoms with Crippen LogP contribution >= 0.6 is 0 Å². The van der Waals surface area contributed by atoms with Crippen LogP contribution in [0, 0.1) is 5.92 Å². The predicted octanol–water partition coefficient (Wildman–Crippen LogP) is 2.83. The summed E-state index contributed by atoms with van der Waals surface area (Å²) in [4.78, 5) is 6.80. The van der Waals surface area contributed by atoms with Gasteiger partial charge in [-0.1, -0.05) is 18.2 Å². The number of rotatable bonds is 10. The van der Waals surface area contributed by atoms with E-state index in [2.05, 4.69) is 25.3 Å². The van der Waals surface area contributed by atoms with Crippen LogP contribution in [-0.2, 0) is 6.54 Å². The van der Waals surface area contributed by atoms with E-state index >= 15 is 0 Å². The van der Waals surface area contributed by atoms with Gasteiger partial charge in [-0.3, -0.25) is 9.89 Å². The normalized spacial score (nSPS) is 17.7. The lowest BCUT2D eigenvalue weighted by Crippen LogP contribution is -2.42. The molecule has 26 heavy (non-hydrogen) atoms. The van der Waals surface area contributed by atoms with Crippen molar-refractivity contribution in [2.75, 3.05) is 26.7 Å². The first-order valence-electron chi connectivity index (χ1n) is 9.37. The second-order valence-corrected chi connectivity index (χ2v) is 7.01. The quantitative estimate of drug-likeness (QED) is 0.494. The number of halogens is 2. The maximum atomic E-state index is 12.5. The van der Waals surface area contributed by atoms with Crippen LogP contribution in [0.3, 0.4) is 0 Å². The van der Waals surface area contributed by atoms with E-state index in [1.54, 1.807) is 31.3 Å². The third-order valence-electron chi connectivity index (χ3n) is 4.80. The van der Waals surface area contributed by atoms with Crippen molar-refractivity contribution < 1.29 is 13.5 Å². The van der Waals surface area contributed by atoms with Gasteiger partial charge in [0.25, 0.3) is 0 Å². The SMILES string of the molecule is CN=C(NCCN(CC1CC1)C1CC1)NCc1ccccc1OC(F)F. The lowest BCUT2D eigenvalue weighted by atomic mass is 10.2. The Bertz CT molecular complexity index is 603. The number of ether oxygens (including phenoxy) is 1. The summed E-state index contributed by atoms with van der Waals surface area (Å²) in [5, 5.41) is 6.48. The van der Waals surface area contributed by atoms with Gasteiger partial charge in [-0.2, -0.15) is 8.78 Å². The summed E-state index contributed by atoms with van der Waals surface area (Å²) in [7, 11) is 1.71. The highest BCUT2D eigenvalue weighted by Gasteiger charge is 2.33.